The highest BCUT2D eigenvalue weighted by molar-refractivity contribution is 9.09. The van der Waals surface area contributed by atoms with Crippen molar-refractivity contribution in [1.29, 1.82) is 0 Å². The summed E-state index contributed by atoms with van der Waals surface area (Å²) in [7, 11) is 0. The number of carbonyl (C=O) groups is 3. The van der Waals surface area contributed by atoms with Crippen molar-refractivity contribution < 1.29 is 19.5 Å². The van der Waals surface area contributed by atoms with Crippen molar-refractivity contribution in [1.82, 2.24) is 10.2 Å². The maximum atomic E-state index is 11.6. The first-order valence-electron chi connectivity index (χ1n) is 4.61. The predicted molar refractivity (Wildman–Crippen MR) is 63.6 cm³/mol. The number of carboxylic acids is 1. The number of amides is 2. The largest absolute Gasteiger partial charge is 0.477 e. The van der Waals surface area contributed by atoms with Gasteiger partial charge in [0.1, 0.15) is 17.2 Å². The van der Waals surface area contributed by atoms with E-state index < -0.39 is 23.4 Å². The minimum absolute atomic E-state index is 0.157. The van der Waals surface area contributed by atoms with Crippen molar-refractivity contribution in [3.8, 4) is 0 Å². The zero-order valence-corrected chi connectivity index (χ0v) is 11.2. The van der Waals surface area contributed by atoms with Crippen LogP contribution in [0.1, 0.15) is 6.92 Å². The highest BCUT2D eigenvalue weighted by Gasteiger charge is 2.49. The topological polar surface area (TPSA) is 86.7 Å². The standard InChI is InChI=1S/C9H10BrClN2O4/c1-4(2-10)6(9(16)17)13-7(11)5(8(13)15)12-3-14/h3,5,7H,2H2,1H3,(H,12,14)(H,16,17)/t5-,7-/m0/s1. The first-order chi connectivity index (χ1) is 7.95. The Balaban J connectivity index is 2.98. The van der Waals surface area contributed by atoms with Crippen LogP contribution in [0.3, 0.4) is 0 Å². The van der Waals surface area contributed by atoms with Gasteiger partial charge in [0, 0.05) is 5.33 Å². The number of likely N-dealkylation sites (tertiary alicyclic amines) is 1. The van der Waals surface area contributed by atoms with Crippen LogP contribution in [0.15, 0.2) is 11.3 Å². The van der Waals surface area contributed by atoms with E-state index in [-0.39, 0.29) is 5.70 Å². The quantitative estimate of drug-likeness (QED) is 0.250. The van der Waals surface area contributed by atoms with Crippen molar-refractivity contribution in [2.75, 3.05) is 5.33 Å². The molecule has 0 aromatic rings. The number of allylic oxidation sites excluding steroid dienone is 1. The summed E-state index contributed by atoms with van der Waals surface area (Å²) in [6, 6.07) is -0.869. The Morgan fingerprint density at radius 3 is 2.65 bits per heavy atom. The van der Waals surface area contributed by atoms with Crippen LogP contribution < -0.4 is 5.32 Å². The molecule has 1 saturated heterocycles. The summed E-state index contributed by atoms with van der Waals surface area (Å²) in [4.78, 5) is 33.9. The summed E-state index contributed by atoms with van der Waals surface area (Å²) in [5, 5.41) is 11.6. The van der Waals surface area contributed by atoms with E-state index in [0.717, 1.165) is 4.90 Å². The smallest absolute Gasteiger partial charge is 0.352 e. The number of nitrogens with zero attached hydrogens (tertiary/aromatic N) is 1. The maximum Gasteiger partial charge on any atom is 0.352 e. The van der Waals surface area contributed by atoms with Crippen LogP contribution in [0, 0.1) is 0 Å². The highest BCUT2D eigenvalue weighted by atomic mass is 79.9. The van der Waals surface area contributed by atoms with Crippen molar-refractivity contribution in [2.24, 2.45) is 0 Å². The number of halogens is 2. The van der Waals surface area contributed by atoms with Gasteiger partial charge in [-0.05, 0) is 12.5 Å². The minimum Gasteiger partial charge on any atom is -0.477 e. The molecule has 2 atom stereocenters. The molecule has 2 amide bonds. The number of β-lactam (4-membered cyclic amide) rings is 1. The molecule has 17 heavy (non-hydrogen) atoms. The van der Waals surface area contributed by atoms with Crippen LogP contribution >= 0.6 is 27.5 Å². The van der Waals surface area contributed by atoms with Gasteiger partial charge in [0.15, 0.2) is 0 Å². The van der Waals surface area contributed by atoms with E-state index in [9.17, 15) is 14.4 Å². The van der Waals surface area contributed by atoms with Crippen molar-refractivity contribution in [3.63, 3.8) is 0 Å². The fourth-order valence-electron chi connectivity index (χ4n) is 1.47. The van der Waals surface area contributed by atoms with Crippen LogP contribution in [0.5, 0.6) is 0 Å². The lowest BCUT2D eigenvalue weighted by Gasteiger charge is -2.43. The number of carboxylic acid groups (broad SMARTS) is 1. The van der Waals surface area contributed by atoms with E-state index in [4.69, 9.17) is 16.7 Å². The van der Waals surface area contributed by atoms with E-state index in [0.29, 0.717) is 17.3 Å². The third kappa shape index (κ3) is 2.44. The van der Waals surface area contributed by atoms with Gasteiger partial charge in [-0.3, -0.25) is 14.5 Å². The molecule has 0 aliphatic carbocycles. The van der Waals surface area contributed by atoms with E-state index >= 15 is 0 Å². The van der Waals surface area contributed by atoms with Crippen molar-refractivity contribution >= 4 is 45.8 Å². The van der Waals surface area contributed by atoms with Gasteiger partial charge in [-0.25, -0.2) is 4.79 Å². The molecular weight excluding hydrogens is 315 g/mol. The van der Waals surface area contributed by atoms with Gasteiger partial charge < -0.3 is 10.4 Å². The Bertz CT molecular complexity index is 398. The molecule has 1 aliphatic heterocycles. The van der Waals surface area contributed by atoms with Crippen LogP contribution in [-0.2, 0) is 14.4 Å². The highest BCUT2D eigenvalue weighted by Crippen LogP contribution is 2.30. The Kier molecular flexibility index (Phi) is 4.53. The van der Waals surface area contributed by atoms with Crippen molar-refractivity contribution in [2.45, 2.75) is 18.5 Å². The molecule has 0 saturated carbocycles. The van der Waals surface area contributed by atoms with Crippen LogP contribution in [0.4, 0.5) is 0 Å². The zero-order chi connectivity index (χ0) is 13.2. The van der Waals surface area contributed by atoms with E-state index in [2.05, 4.69) is 21.2 Å². The Labute approximate surface area is 111 Å². The van der Waals surface area contributed by atoms with Gasteiger partial charge in [-0.2, -0.15) is 0 Å². The molecule has 6 nitrogen and oxygen atoms in total. The number of nitrogens with one attached hydrogen (secondary N) is 1. The second-order valence-electron chi connectivity index (χ2n) is 3.41. The molecule has 0 unspecified atom stereocenters. The Morgan fingerprint density at radius 1 is 1.71 bits per heavy atom. The molecule has 0 spiro atoms. The summed E-state index contributed by atoms with van der Waals surface area (Å²) in [6.45, 7) is 1.58. The third-order valence-corrected chi connectivity index (χ3v) is 3.61. The predicted octanol–water partition coefficient (Wildman–Crippen LogP) is 0.262. The van der Waals surface area contributed by atoms with E-state index in [1.165, 1.54) is 0 Å². The molecule has 2 N–H and O–H groups in total. The maximum absolute atomic E-state index is 11.6. The molecule has 1 heterocycles. The van der Waals surface area contributed by atoms with Gasteiger partial charge in [-0.15, -0.1) is 0 Å². The first-order valence-corrected chi connectivity index (χ1v) is 6.17. The number of carbonyl (C=O) groups excluding carboxylic acids is 2. The minimum atomic E-state index is -1.23. The lowest BCUT2D eigenvalue weighted by Crippen LogP contribution is -2.67. The zero-order valence-electron chi connectivity index (χ0n) is 8.81. The Morgan fingerprint density at radius 2 is 2.29 bits per heavy atom. The van der Waals surface area contributed by atoms with Gasteiger partial charge >= 0.3 is 5.97 Å². The molecule has 0 aromatic carbocycles. The summed E-state index contributed by atoms with van der Waals surface area (Å²) < 4.78 is 0. The second kappa shape index (κ2) is 5.50. The molecule has 0 aromatic heterocycles. The van der Waals surface area contributed by atoms with Gasteiger partial charge in [-0.1, -0.05) is 27.5 Å². The summed E-state index contributed by atoms with van der Waals surface area (Å²) in [5.41, 5.74) is -0.565. The molecule has 1 aliphatic rings. The Hall–Kier alpha value is -1.08. The van der Waals surface area contributed by atoms with Gasteiger partial charge in [0.2, 0.25) is 6.41 Å². The number of rotatable bonds is 5. The second-order valence-corrected chi connectivity index (χ2v) is 4.42. The molecule has 94 valence electrons. The SMILES string of the molecule is CC(CBr)=C(C(=O)O)N1C(=O)[C@@H](NC=O)[C@H]1Cl. The number of hydrogen-bond donors (Lipinski definition) is 2. The fraction of sp³-hybridized carbons (Fsp3) is 0.444. The lowest BCUT2D eigenvalue weighted by molar-refractivity contribution is -0.150. The molecule has 8 heteroatoms. The summed E-state index contributed by atoms with van der Waals surface area (Å²) in [5.74, 6) is -1.76. The monoisotopic (exact) mass is 324 g/mol. The van der Waals surface area contributed by atoms with Crippen LogP contribution in [0.2, 0.25) is 0 Å². The number of alkyl halides is 2. The molecule has 1 rings (SSSR count). The summed E-state index contributed by atoms with van der Waals surface area (Å²) >= 11 is 8.98. The van der Waals surface area contributed by atoms with Gasteiger partial charge in [0.25, 0.3) is 5.91 Å². The van der Waals surface area contributed by atoms with Gasteiger partial charge in [0.05, 0.1) is 0 Å². The van der Waals surface area contributed by atoms with Crippen molar-refractivity contribution in [3.05, 3.63) is 11.3 Å². The number of aliphatic carboxylic acids is 1. The first kappa shape index (κ1) is 14.0. The average Bonchev–Trinajstić information content (AvgIpc) is 2.31. The molecule has 0 radical (unpaired) electrons. The average molecular weight is 326 g/mol. The number of hydrogen-bond acceptors (Lipinski definition) is 3. The summed E-state index contributed by atoms with van der Waals surface area (Å²) in [6.07, 6.45) is 0.358. The van der Waals surface area contributed by atoms with Crippen LogP contribution in [0.25, 0.3) is 0 Å². The van der Waals surface area contributed by atoms with E-state index in [1.54, 1.807) is 6.92 Å². The molecular formula is C9H10BrClN2O4. The third-order valence-electron chi connectivity index (χ3n) is 2.32. The van der Waals surface area contributed by atoms with Crippen LogP contribution in [-0.4, -0.2) is 45.2 Å². The van der Waals surface area contributed by atoms with E-state index in [1.807, 2.05) is 0 Å². The lowest BCUT2D eigenvalue weighted by atomic mass is 10.0. The fourth-order valence-corrected chi connectivity index (χ4v) is 2.11. The molecule has 1 fully saturated rings. The normalized spacial score (nSPS) is 24.9. The molecule has 0 bridgehead atoms.